The van der Waals surface area contributed by atoms with Gasteiger partial charge in [-0.15, -0.1) is 0 Å². The minimum absolute atomic E-state index is 0.108. The molecule has 4 nitrogen and oxygen atoms in total. The zero-order chi connectivity index (χ0) is 15.7. The summed E-state index contributed by atoms with van der Waals surface area (Å²) < 4.78 is 10.6. The lowest BCUT2D eigenvalue weighted by Gasteiger charge is -2.19. The zero-order valence-corrected chi connectivity index (χ0v) is 13.2. The van der Waals surface area contributed by atoms with E-state index in [4.69, 9.17) is 21.1 Å². The molecule has 114 valence electrons. The summed E-state index contributed by atoms with van der Waals surface area (Å²) in [5.74, 6) is 0.906. The highest BCUT2D eigenvalue weighted by Crippen LogP contribution is 2.40. The van der Waals surface area contributed by atoms with Gasteiger partial charge < -0.3 is 14.4 Å². The lowest BCUT2D eigenvalue weighted by atomic mass is 10.1. The lowest BCUT2D eigenvalue weighted by Crippen LogP contribution is -2.26. The number of fused-ring (bicyclic) bond motifs is 1. The van der Waals surface area contributed by atoms with E-state index in [1.54, 1.807) is 24.1 Å². The summed E-state index contributed by atoms with van der Waals surface area (Å²) in [6, 6.07) is 11.3. The average Bonchev–Trinajstić information content (AvgIpc) is 2.97. The quantitative estimate of drug-likeness (QED) is 0.867. The van der Waals surface area contributed by atoms with Crippen molar-refractivity contribution in [2.75, 3.05) is 13.8 Å². The highest BCUT2D eigenvalue weighted by atomic mass is 35.5. The van der Waals surface area contributed by atoms with E-state index in [0.29, 0.717) is 28.6 Å². The van der Waals surface area contributed by atoms with Crippen molar-refractivity contribution in [3.63, 3.8) is 0 Å². The Kier molecular flexibility index (Phi) is 3.94. The number of benzene rings is 2. The van der Waals surface area contributed by atoms with Gasteiger partial charge in [-0.1, -0.05) is 35.9 Å². The van der Waals surface area contributed by atoms with E-state index >= 15 is 0 Å². The molecule has 0 saturated heterocycles. The first-order valence-electron chi connectivity index (χ1n) is 6.95. The first-order valence-corrected chi connectivity index (χ1v) is 7.33. The Hall–Kier alpha value is -2.20. The molecule has 0 saturated carbocycles. The van der Waals surface area contributed by atoms with Crippen molar-refractivity contribution in [2.45, 2.75) is 13.5 Å². The van der Waals surface area contributed by atoms with E-state index < -0.39 is 0 Å². The van der Waals surface area contributed by atoms with Gasteiger partial charge in [-0.05, 0) is 30.2 Å². The second kappa shape index (κ2) is 5.89. The Balaban J connectivity index is 1.82. The Morgan fingerprint density at radius 2 is 2.05 bits per heavy atom. The number of ether oxygens (including phenoxy) is 2. The summed E-state index contributed by atoms with van der Waals surface area (Å²) in [6.45, 7) is 2.70. The molecule has 1 heterocycles. The molecule has 0 fully saturated rings. The first kappa shape index (κ1) is 14.7. The minimum Gasteiger partial charge on any atom is -0.454 e. The summed E-state index contributed by atoms with van der Waals surface area (Å²) in [5.41, 5.74) is 2.77. The third-order valence-corrected chi connectivity index (χ3v) is 3.97. The van der Waals surface area contributed by atoms with Crippen LogP contribution in [0.4, 0.5) is 0 Å². The molecule has 0 aromatic heterocycles. The summed E-state index contributed by atoms with van der Waals surface area (Å²) >= 11 is 6.13. The standard InChI is InChI=1S/C17H16ClNO3/c1-11-5-3-4-6-12(11)9-19(2)17(20)13-7-14(18)16-15(8-13)21-10-22-16/h3-8H,9-10H2,1-2H3. The van der Waals surface area contributed by atoms with Crippen LogP contribution in [0.5, 0.6) is 11.5 Å². The van der Waals surface area contributed by atoms with Gasteiger partial charge in [-0.2, -0.15) is 0 Å². The molecule has 2 aromatic rings. The van der Waals surface area contributed by atoms with Gasteiger partial charge in [-0.25, -0.2) is 0 Å². The third kappa shape index (κ3) is 2.74. The molecule has 1 aliphatic heterocycles. The molecule has 0 unspecified atom stereocenters. The topological polar surface area (TPSA) is 38.8 Å². The van der Waals surface area contributed by atoms with Crippen molar-refractivity contribution in [2.24, 2.45) is 0 Å². The smallest absolute Gasteiger partial charge is 0.254 e. The second-order valence-corrected chi connectivity index (χ2v) is 5.69. The van der Waals surface area contributed by atoms with Crippen molar-refractivity contribution in [1.29, 1.82) is 0 Å². The summed E-state index contributed by atoms with van der Waals surface area (Å²) in [6.07, 6.45) is 0. The van der Waals surface area contributed by atoms with Crippen molar-refractivity contribution in [1.82, 2.24) is 4.90 Å². The first-order chi connectivity index (χ1) is 10.6. The molecule has 0 bridgehead atoms. The van der Waals surface area contributed by atoms with Gasteiger partial charge in [-0.3, -0.25) is 4.79 Å². The molecule has 1 amide bonds. The molecular formula is C17H16ClNO3. The van der Waals surface area contributed by atoms with Crippen LogP contribution in [0, 0.1) is 6.92 Å². The van der Waals surface area contributed by atoms with Crippen molar-refractivity contribution >= 4 is 17.5 Å². The van der Waals surface area contributed by atoms with E-state index in [9.17, 15) is 4.79 Å². The van der Waals surface area contributed by atoms with Gasteiger partial charge in [0.05, 0.1) is 5.02 Å². The molecule has 5 heteroatoms. The van der Waals surface area contributed by atoms with Crippen LogP contribution < -0.4 is 9.47 Å². The van der Waals surface area contributed by atoms with Gasteiger partial charge in [0.15, 0.2) is 11.5 Å². The Morgan fingerprint density at radius 3 is 2.82 bits per heavy atom. The molecule has 3 rings (SSSR count). The molecule has 0 atom stereocenters. The molecule has 0 N–H and O–H groups in total. The second-order valence-electron chi connectivity index (χ2n) is 5.28. The zero-order valence-electron chi connectivity index (χ0n) is 12.4. The van der Waals surface area contributed by atoms with Crippen molar-refractivity contribution in [3.8, 4) is 11.5 Å². The Morgan fingerprint density at radius 1 is 1.27 bits per heavy atom. The number of carbonyl (C=O) groups is 1. The average molecular weight is 318 g/mol. The molecule has 0 aliphatic carbocycles. The number of halogens is 1. The monoisotopic (exact) mass is 317 g/mol. The van der Waals surface area contributed by atoms with Gasteiger partial charge in [0, 0.05) is 19.2 Å². The third-order valence-electron chi connectivity index (χ3n) is 3.69. The van der Waals surface area contributed by atoms with E-state index in [1.807, 2.05) is 31.2 Å². The number of amides is 1. The van der Waals surface area contributed by atoms with Gasteiger partial charge in [0.2, 0.25) is 6.79 Å². The Bertz CT molecular complexity index is 730. The van der Waals surface area contributed by atoms with E-state index in [0.717, 1.165) is 11.1 Å². The highest BCUT2D eigenvalue weighted by molar-refractivity contribution is 6.32. The molecule has 0 radical (unpaired) electrons. The Labute approximate surface area is 134 Å². The van der Waals surface area contributed by atoms with E-state index in [1.165, 1.54) is 0 Å². The van der Waals surface area contributed by atoms with Crippen LogP contribution in [0.25, 0.3) is 0 Å². The molecule has 2 aromatic carbocycles. The largest absolute Gasteiger partial charge is 0.454 e. The SMILES string of the molecule is Cc1ccccc1CN(C)C(=O)c1cc(Cl)c2c(c1)OCO2. The molecule has 0 spiro atoms. The number of carbonyl (C=O) groups excluding carboxylic acids is 1. The van der Waals surface area contributed by atoms with Crippen LogP contribution in [0.2, 0.25) is 5.02 Å². The van der Waals surface area contributed by atoms with Crippen molar-refractivity contribution < 1.29 is 14.3 Å². The number of hydrogen-bond acceptors (Lipinski definition) is 3. The number of aryl methyl sites for hydroxylation is 1. The van der Waals surface area contributed by atoms with Crippen molar-refractivity contribution in [3.05, 3.63) is 58.1 Å². The summed E-state index contributed by atoms with van der Waals surface area (Å²) in [5, 5.41) is 0.391. The molecule has 1 aliphatic rings. The number of hydrogen-bond donors (Lipinski definition) is 0. The maximum atomic E-state index is 12.6. The highest BCUT2D eigenvalue weighted by Gasteiger charge is 2.22. The molecule has 22 heavy (non-hydrogen) atoms. The van der Waals surface area contributed by atoms with Crippen LogP contribution in [-0.4, -0.2) is 24.6 Å². The predicted molar refractivity (Wildman–Crippen MR) is 84.6 cm³/mol. The van der Waals surface area contributed by atoms with Gasteiger partial charge >= 0.3 is 0 Å². The maximum absolute atomic E-state index is 12.6. The van der Waals surface area contributed by atoms with E-state index in [2.05, 4.69) is 0 Å². The fraction of sp³-hybridized carbons (Fsp3) is 0.235. The van der Waals surface area contributed by atoms with Gasteiger partial charge in [0.1, 0.15) is 0 Å². The number of nitrogens with zero attached hydrogens (tertiary/aromatic N) is 1. The lowest BCUT2D eigenvalue weighted by molar-refractivity contribution is 0.0784. The molecular weight excluding hydrogens is 302 g/mol. The van der Waals surface area contributed by atoms with Crippen LogP contribution in [-0.2, 0) is 6.54 Å². The number of rotatable bonds is 3. The normalized spacial score (nSPS) is 12.3. The van der Waals surface area contributed by atoms with Crippen LogP contribution in [0.15, 0.2) is 36.4 Å². The van der Waals surface area contributed by atoms with Crippen LogP contribution in [0.1, 0.15) is 21.5 Å². The van der Waals surface area contributed by atoms with Gasteiger partial charge in [0.25, 0.3) is 5.91 Å². The maximum Gasteiger partial charge on any atom is 0.254 e. The summed E-state index contributed by atoms with van der Waals surface area (Å²) in [7, 11) is 1.77. The predicted octanol–water partition coefficient (Wildman–Crippen LogP) is 3.65. The minimum atomic E-state index is -0.108. The van der Waals surface area contributed by atoms with Crippen LogP contribution >= 0.6 is 11.6 Å². The fourth-order valence-corrected chi connectivity index (χ4v) is 2.69. The summed E-state index contributed by atoms with van der Waals surface area (Å²) in [4.78, 5) is 14.2. The van der Waals surface area contributed by atoms with E-state index in [-0.39, 0.29) is 12.7 Å². The van der Waals surface area contributed by atoms with Crippen LogP contribution in [0.3, 0.4) is 0 Å². The fourth-order valence-electron chi connectivity index (χ4n) is 2.43.